The molecule has 0 fully saturated rings. The standard InChI is InChI=1S/C19H15BrCl5N3O3/c1-3-28-11(10(20)6-26-28)7-27(2)19(29)12-5-4-9(31-12)8-30-18-16(24)14(22)13(21)15(23)17(18)25/h4-6H,3,7-8H2,1-2H3. The van der Waals surface area contributed by atoms with Gasteiger partial charge in [-0.05, 0) is 35.0 Å². The molecule has 0 atom stereocenters. The van der Waals surface area contributed by atoms with Crippen molar-refractivity contribution in [1.29, 1.82) is 0 Å². The predicted octanol–water partition coefficient (Wildman–Crippen LogP) is 7.38. The minimum atomic E-state index is -0.296. The van der Waals surface area contributed by atoms with Gasteiger partial charge in [0, 0.05) is 13.6 Å². The van der Waals surface area contributed by atoms with Crippen molar-refractivity contribution in [2.75, 3.05) is 7.05 Å². The molecule has 3 rings (SSSR count). The second kappa shape index (κ2) is 10.2. The molecule has 0 saturated carbocycles. The van der Waals surface area contributed by atoms with Crippen molar-refractivity contribution in [2.45, 2.75) is 26.6 Å². The fourth-order valence-corrected chi connectivity index (χ4v) is 4.38. The maximum Gasteiger partial charge on any atom is 0.289 e. The summed E-state index contributed by atoms with van der Waals surface area (Å²) in [5.74, 6) is 0.312. The molecule has 0 bridgehead atoms. The summed E-state index contributed by atoms with van der Waals surface area (Å²) in [7, 11) is 1.68. The van der Waals surface area contributed by atoms with Crippen LogP contribution >= 0.6 is 73.9 Å². The number of halogens is 6. The van der Waals surface area contributed by atoms with E-state index in [1.807, 2.05) is 11.6 Å². The van der Waals surface area contributed by atoms with Gasteiger partial charge in [-0.25, -0.2) is 0 Å². The van der Waals surface area contributed by atoms with E-state index in [0.29, 0.717) is 18.8 Å². The smallest absolute Gasteiger partial charge is 0.289 e. The minimum Gasteiger partial charge on any atom is -0.482 e. The van der Waals surface area contributed by atoms with Crippen LogP contribution in [0.1, 0.15) is 28.9 Å². The Morgan fingerprint density at radius 2 is 1.74 bits per heavy atom. The molecule has 0 aliphatic heterocycles. The highest BCUT2D eigenvalue weighted by atomic mass is 79.9. The monoisotopic (exact) mass is 587 g/mol. The summed E-state index contributed by atoms with van der Waals surface area (Å²) in [5.41, 5.74) is 0.884. The third-order valence-electron chi connectivity index (χ3n) is 4.33. The molecule has 0 aliphatic rings. The minimum absolute atomic E-state index is 0.0294. The Morgan fingerprint density at radius 1 is 1.13 bits per heavy atom. The number of amides is 1. The lowest BCUT2D eigenvalue weighted by Gasteiger charge is -2.17. The lowest BCUT2D eigenvalue weighted by molar-refractivity contribution is 0.0745. The highest BCUT2D eigenvalue weighted by Crippen LogP contribution is 2.48. The maximum atomic E-state index is 12.8. The van der Waals surface area contributed by atoms with Crippen LogP contribution in [-0.2, 0) is 19.7 Å². The van der Waals surface area contributed by atoms with Gasteiger partial charge in [-0.2, -0.15) is 5.10 Å². The highest BCUT2D eigenvalue weighted by Gasteiger charge is 2.22. The summed E-state index contributed by atoms with van der Waals surface area (Å²) in [4.78, 5) is 14.3. The molecule has 3 aromatic rings. The summed E-state index contributed by atoms with van der Waals surface area (Å²) in [6.45, 7) is 2.96. The number of ether oxygens (including phenoxy) is 1. The number of benzene rings is 1. The fraction of sp³-hybridized carbons (Fsp3) is 0.263. The van der Waals surface area contributed by atoms with Gasteiger partial charge in [0.1, 0.15) is 22.4 Å². The number of hydrogen-bond donors (Lipinski definition) is 0. The van der Waals surface area contributed by atoms with E-state index < -0.39 is 0 Å². The van der Waals surface area contributed by atoms with E-state index in [1.54, 1.807) is 25.4 Å². The van der Waals surface area contributed by atoms with Gasteiger partial charge in [0.15, 0.2) is 11.5 Å². The fourth-order valence-electron chi connectivity index (χ4n) is 2.73. The van der Waals surface area contributed by atoms with Gasteiger partial charge in [0.05, 0.1) is 38.0 Å². The quantitative estimate of drug-likeness (QED) is 0.213. The zero-order chi connectivity index (χ0) is 22.9. The number of nitrogens with zero attached hydrogens (tertiary/aromatic N) is 3. The molecular weight excluding hydrogens is 575 g/mol. The first-order valence-electron chi connectivity index (χ1n) is 8.84. The van der Waals surface area contributed by atoms with E-state index in [-0.39, 0.29) is 49.1 Å². The maximum absolute atomic E-state index is 12.8. The van der Waals surface area contributed by atoms with Gasteiger partial charge in [0.2, 0.25) is 0 Å². The Morgan fingerprint density at radius 3 is 2.35 bits per heavy atom. The summed E-state index contributed by atoms with van der Waals surface area (Å²) >= 11 is 33.8. The van der Waals surface area contributed by atoms with Crippen molar-refractivity contribution < 1.29 is 13.9 Å². The number of rotatable bonds is 7. The second-order valence-electron chi connectivity index (χ2n) is 6.37. The van der Waals surface area contributed by atoms with Crippen molar-refractivity contribution >= 4 is 79.8 Å². The molecule has 12 heteroatoms. The van der Waals surface area contributed by atoms with Gasteiger partial charge < -0.3 is 14.1 Å². The van der Waals surface area contributed by atoms with E-state index in [9.17, 15) is 4.79 Å². The molecule has 6 nitrogen and oxygen atoms in total. The molecule has 1 aromatic carbocycles. The van der Waals surface area contributed by atoms with Gasteiger partial charge in [-0.15, -0.1) is 0 Å². The molecule has 0 spiro atoms. The average molecular weight is 591 g/mol. The van der Waals surface area contributed by atoms with Gasteiger partial charge in [-0.3, -0.25) is 9.48 Å². The first-order chi connectivity index (χ1) is 14.6. The van der Waals surface area contributed by atoms with Crippen LogP contribution in [0.15, 0.2) is 27.2 Å². The molecule has 166 valence electrons. The number of aromatic nitrogens is 2. The Bertz CT molecular complexity index is 1100. The van der Waals surface area contributed by atoms with E-state index >= 15 is 0 Å². The van der Waals surface area contributed by atoms with Crippen LogP contribution in [0.2, 0.25) is 25.1 Å². The molecule has 0 aliphatic carbocycles. The predicted molar refractivity (Wildman–Crippen MR) is 126 cm³/mol. The third-order valence-corrected chi connectivity index (χ3v) is 7.24. The summed E-state index contributed by atoms with van der Waals surface area (Å²) < 4.78 is 13.9. The normalized spacial score (nSPS) is 11.1. The van der Waals surface area contributed by atoms with Crippen LogP contribution in [0.4, 0.5) is 0 Å². The zero-order valence-corrected chi connectivity index (χ0v) is 21.6. The highest BCUT2D eigenvalue weighted by molar-refractivity contribution is 9.10. The molecule has 0 radical (unpaired) electrons. The molecule has 0 unspecified atom stereocenters. The van der Waals surface area contributed by atoms with E-state index in [1.165, 1.54) is 4.90 Å². The first kappa shape index (κ1) is 24.6. The first-order valence-corrected chi connectivity index (χ1v) is 11.5. The van der Waals surface area contributed by atoms with Crippen LogP contribution in [0.5, 0.6) is 5.75 Å². The van der Waals surface area contributed by atoms with Crippen LogP contribution in [0, 0.1) is 0 Å². The van der Waals surface area contributed by atoms with Gasteiger partial charge in [-0.1, -0.05) is 58.0 Å². The van der Waals surface area contributed by atoms with Crippen LogP contribution < -0.4 is 4.74 Å². The molecule has 31 heavy (non-hydrogen) atoms. The molecule has 2 aromatic heterocycles. The van der Waals surface area contributed by atoms with Crippen molar-refractivity contribution in [2.24, 2.45) is 0 Å². The zero-order valence-electron chi connectivity index (χ0n) is 16.2. The third kappa shape index (κ3) is 5.13. The topological polar surface area (TPSA) is 60.5 Å². The van der Waals surface area contributed by atoms with Crippen molar-refractivity contribution in [3.05, 3.63) is 65.1 Å². The Balaban J connectivity index is 1.71. The summed E-state index contributed by atoms with van der Waals surface area (Å²) in [6.07, 6.45) is 1.70. The molecule has 0 N–H and O–H groups in total. The molecule has 2 heterocycles. The van der Waals surface area contributed by atoms with Gasteiger partial charge >= 0.3 is 0 Å². The second-order valence-corrected chi connectivity index (χ2v) is 9.11. The Labute approximate surface area is 212 Å². The lowest BCUT2D eigenvalue weighted by atomic mass is 10.3. The lowest BCUT2D eigenvalue weighted by Crippen LogP contribution is -2.27. The van der Waals surface area contributed by atoms with Crippen LogP contribution in [-0.4, -0.2) is 27.6 Å². The number of carbonyl (C=O) groups excluding carboxylic acids is 1. The van der Waals surface area contributed by atoms with Crippen LogP contribution in [0.3, 0.4) is 0 Å². The number of aryl methyl sites for hydroxylation is 1. The molecular formula is C19H15BrCl5N3O3. The SMILES string of the molecule is CCn1ncc(Br)c1CN(C)C(=O)c1ccc(COc2c(Cl)c(Cl)c(Cl)c(Cl)c2Cl)o1. The largest absolute Gasteiger partial charge is 0.482 e. The van der Waals surface area contributed by atoms with E-state index in [0.717, 1.165) is 10.2 Å². The molecule has 1 amide bonds. The number of furan rings is 1. The number of hydrogen-bond acceptors (Lipinski definition) is 4. The van der Waals surface area contributed by atoms with Crippen LogP contribution in [0.25, 0.3) is 0 Å². The van der Waals surface area contributed by atoms with Gasteiger partial charge in [0.25, 0.3) is 5.91 Å². The van der Waals surface area contributed by atoms with Crippen molar-refractivity contribution in [1.82, 2.24) is 14.7 Å². The van der Waals surface area contributed by atoms with Crippen molar-refractivity contribution in [3.8, 4) is 5.75 Å². The molecule has 0 saturated heterocycles. The van der Waals surface area contributed by atoms with Crippen molar-refractivity contribution in [3.63, 3.8) is 0 Å². The van der Waals surface area contributed by atoms with E-state index in [2.05, 4.69) is 21.0 Å². The summed E-state index contributed by atoms with van der Waals surface area (Å²) in [6, 6.07) is 3.18. The Kier molecular flexibility index (Phi) is 8.10. The average Bonchev–Trinajstić information content (AvgIpc) is 3.37. The Hall–Kier alpha value is -1.09. The summed E-state index contributed by atoms with van der Waals surface area (Å²) in [5, 5.41) is 4.41. The number of carbonyl (C=O) groups is 1. The van der Waals surface area contributed by atoms with E-state index in [4.69, 9.17) is 67.2 Å².